The second-order valence-electron chi connectivity index (χ2n) is 5.83. The van der Waals surface area contributed by atoms with E-state index in [1.807, 2.05) is 56.4 Å². The van der Waals surface area contributed by atoms with E-state index in [2.05, 4.69) is 5.10 Å². The Morgan fingerprint density at radius 3 is 2.67 bits per heavy atom. The number of esters is 1. The van der Waals surface area contributed by atoms with Gasteiger partial charge in [0.15, 0.2) is 0 Å². The van der Waals surface area contributed by atoms with Crippen LogP contribution in [0.3, 0.4) is 0 Å². The van der Waals surface area contributed by atoms with Crippen LogP contribution in [0.2, 0.25) is 5.02 Å². The van der Waals surface area contributed by atoms with Crippen molar-refractivity contribution in [2.75, 3.05) is 6.61 Å². The van der Waals surface area contributed by atoms with Crippen LogP contribution >= 0.6 is 11.6 Å². The van der Waals surface area contributed by atoms with Crippen molar-refractivity contribution in [2.24, 2.45) is 0 Å². The quantitative estimate of drug-likeness (QED) is 0.630. The number of benzene rings is 1. The Hall–Kier alpha value is -2.33. The van der Waals surface area contributed by atoms with Crippen molar-refractivity contribution in [1.29, 1.82) is 0 Å². The first kappa shape index (κ1) is 16.5. The van der Waals surface area contributed by atoms with Crippen LogP contribution in [0.25, 0.3) is 16.6 Å². The molecule has 0 aliphatic carbocycles. The predicted octanol–water partition coefficient (Wildman–Crippen LogP) is 4.95. The SMILES string of the molecule is CCOC(=O)c1c(C(C)C)nn2cccc2c1-c1ccccc1Cl. The Morgan fingerprint density at radius 2 is 2.00 bits per heavy atom. The number of aromatic nitrogens is 2. The van der Waals surface area contributed by atoms with E-state index in [4.69, 9.17) is 16.3 Å². The van der Waals surface area contributed by atoms with E-state index in [1.54, 1.807) is 11.4 Å². The van der Waals surface area contributed by atoms with Gasteiger partial charge in [0, 0.05) is 22.3 Å². The number of rotatable bonds is 4. The summed E-state index contributed by atoms with van der Waals surface area (Å²) < 4.78 is 7.10. The molecule has 0 aliphatic rings. The van der Waals surface area contributed by atoms with Crippen molar-refractivity contribution in [3.8, 4) is 11.1 Å². The van der Waals surface area contributed by atoms with Gasteiger partial charge in [-0.2, -0.15) is 5.10 Å². The monoisotopic (exact) mass is 342 g/mol. The Labute approximate surface area is 146 Å². The summed E-state index contributed by atoms with van der Waals surface area (Å²) in [6.45, 7) is 6.13. The summed E-state index contributed by atoms with van der Waals surface area (Å²) in [7, 11) is 0. The van der Waals surface area contributed by atoms with Gasteiger partial charge in [-0.3, -0.25) is 0 Å². The molecule has 0 bridgehead atoms. The Morgan fingerprint density at radius 1 is 1.25 bits per heavy atom. The summed E-state index contributed by atoms with van der Waals surface area (Å²) in [6.07, 6.45) is 1.87. The molecule has 124 valence electrons. The summed E-state index contributed by atoms with van der Waals surface area (Å²) in [5.74, 6) is -0.301. The second-order valence-corrected chi connectivity index (χ2v) is 6.24. The fourth-order valence-corrected chi connectivity index (χ4v) is 3.06. The number of fused-ring (bicyclic) bond motifs is 1. The Balaban J connectivity index is 2.44. The lowest BCUT2D eigenvalue weighted by molar-refractivity contribution is 0.0524. The first-order valence-corrected chi connectivity index (χ1v) is 8.35. The maximum absolute atomic E-state index is 12.7. The van der Waals surface area contributed by atoms with Gasteiger partial charge in [-0.15, -0.1) is 0 Å². The molecule has 0 N–H and O–H groups in total. The molecule has 3 rings (SSSR count). The summed E-state index contributed by atoms with van der Waals surface area (Å²) in [4.78, 5) is 12.7. The van der Waals surface area contributed by atoms with Gasteiger partial charge in [0.25, 0.3) is 0 Å². The zero-order valence-corrected chi connectivity index (χ0v) is 14.7. The third kappa shape index (κ3) is 2.78. The molecule has 0 spiro atoms. The predicted molar refractivity (Wildman–Crippen MR) is 95.7 cm³/mol. The normalized spacial score (nSPS) is 11.2. The number of carbonyl (C=O) groups excluding carboxylic acids is 1. The minimum absolute atomic E-state index is 0.0671. The first-order chi connectivity index (χ1) is 11.5. The molecular formula is C19H19ClN2O2. The number of ether oxygens (including phenoxy) is 1. The van der Waals surface area contributed by atoms with Gasteiger partial charge < -0.3 is 4.74 Å². The van der Waals surface area contributed by atoms with Gasteiger partial charge in [-0.1, -0.05) is 43.6 Å². The molecule has 0 saturated heterocycles. The summed E-state index contributed by atoms with van der Waals surface area (Å²) in [5, 5.41) is 5.22. The zero-order valence-electron chi connectivity index (χ0n) is 13.9. The van der Waals surface area contributed by atoms with E-state index in [0.717, 1.165) is 16.6 Å². The van der Waals surface area contributed by atoms with Crippen LogP contribution in [-0.4, -0.2) is 22.2 Å². The number of halogens is 1. The van der Waals surface area contributed by atoms with Crippen molar-refractivity contribution < 1.29 is 9.53 Å². The summed E-state index contributed by atoms with van der Waals surface area (Å²) in [5.41, 5.74) is 3.59. The van der Waals surface area contributed by atoms with Crippen LogP contribution in [0.5, 0.6) is 0 Å². The second kappa shape index (κ2) is 6.65. The van der Waals surface area contributed by atoms with Crippen LogP contribution in [0.1, 0.15) is 42.7 Å². The lowest BCUT2D eigenvalue weighted by Gasteiger charge is -2.18. The minimum Gasteiger partial charge on any atom is -0.462 e. The van der Waals surface area contributed by atoms with Crippen LogP contribution < -0.4 is 0 Å². The van der Waals surface area contributed by atoms with Gasteiger partial charge in [0.1, 0.15) is 0 Å². The standard InChI is InChI=1S/C19H19ClN2O2/c1-4-24-19(23)17-16(13-8-5-6-9-14(13)20)15-10-7-11-22(15)21-18(17)12(2)3/h5-12H,4H2,1-3H3. The maximum atomic E-state index is 12.7. The highest BCUT2D eigenvalue weighted by Gasteiger charge is 2.26. The van der Waals surface area contributed by atoms with E-state index >= 15 is 0 Å². The third-order valence-electron chi connectivity index (χ3n) is 3.88. The molecule has 24 heavy (non-hydrogen) atoms. The molecule has 0 radical (unpaired) electrons. The fraction of sp³-hybridized carbons (Fsp3) is 0.263. The third-order valence-corrected chi connectivity index (χ3v) is 4.21. The van der Waals surface area contributed by atoms with Crippen molar-refractivity contribution in [3.63, 3.8) is 0 Å². The smallest absolute Gasteiger partial charge is 0.340 e. The molecule has 4 nitrogen and oxygen atoms in total. The highest BCUT2D eigenvalue weighted by Crippen LogP contribution is 2.37. The zero-order chi connectivity index (χ0) is 17.3. The first-order valence-electron chi connectivity index (χ1n) is 7.97. The van der Waals surface area contributed by atoms with Crippen LogP contribution in [0.4, 0.5) is 0 Å². The number of nitrogens with zero attached hydrogens (tertiary/aromatic N) is 2. The van der Waals surface area contributed by atoms with Gasteiger partial charge in [0.2, 0.25) is 0 Å². The topological polar surface area (TPSA) is 43.6 Å². The van der Waals surface area contributed by atoms with E-state index in [1.165, 1.54) is 0 Å². The molecule has 3 aromatic rings. The minimum atomic E-state index is -0.368. The lowest BCUT2D eigenvalue weighted by atomic mass is 9.94. The molecule has 0 fully saturated rings. The number of hydrogen-bond acceptors (Lipinski definition) is 3. The van der Waals surface area contributed by atoms with Crippen molar-refractivity contribution in [3.05, 3.63) is 58.9 Å². The molecule has 0 saturated carbocycles. The summed E-state index contributed by atoms with van der Waals surface area (Å²) in [6, 6.07) is 11.3. The molecule has 2 heterocycles. The Bertz CT molecular complexity index is 900. The number of hydrogen-bond donors (Lipinski definition) is 0. The average molecular weight is 343 g/mol. The molecule has 5 heteroatoms. The molecule has 0 atom stereocenters. The fourth-order valence-electron chi connectivity index (χ4n) is 2.83. The summed E-state index contributed by atoms with van der Waals surface area (Å²) >= 11 is 6.43. The largest absolute Gasteiger partial charge is 0.462 e. The van der Waals surface area contributed by atoms with E-state index in [0.29, 0.717) is 22.9 Å². The molecular weight excluding hydrogens is 324 g/mol. The van der Waals surface area contributed by atoms with Crippen molar-refractivity contribution >= 4 is 23.1 Å². The lowest BCUT2D eigenvalue weighted by Crippen LogP contribution is -2.15. The van der Waals surface area contributed by atoms with Crippen LogP contribution in [0.15, 0.2) is 42.6 Å². The highest BCUT2D eigenvalue weighted by atomic mass is 35.5. The van der Waals surface area contributed by atoms with Crippen LogP contribution in [0, 0.1) is 0 Å². The highest BCUT2D eigenvalue weighted by molar-refractivity contribution is 6.33. The molecule has 0 aliphatic heterocycles. The van der Waals surface area contributed by atoms with Crippen molar-refractivity contribution in [1.82, 2.24) is 9.61 Å². The van der Waals surface area contributed by atoms with Gasteiger partial charge in [-0.25, -0.2) is 9.31 Å². The molecule has 0 unspecified atom stereocenters. The maximum Gasteiger partial charge on any atom is 0.340 e. The molecule has 0 amide bonds. The Kier molecular flexibility index (Phi) is 4.58. The van der Waals surface area contributed by atoms with Gasteiger partial charge >= 0.3 is 5.97 Å². The van der Waals surface area contributed by atoms with Gasteiger partial charge in [-0.05, 0) is 31.0 Å². The van der Waals surface area contributed by atoms with E-state index in [9.17, 15) is 4.79 Å². The van der Waals surface area contributed by atoms with Crippen molar-refractivity contribution in [2.45, 2.75) is 26.7 Å². The van der Waals surface area contributed by atoms with E-state index < -0.39 is 0 Å². The van der Waals surface area contributed by atoms with E-state index in [-0.39, 0.29) is 11.9 Å². The average Bonchev–Trinajstić information content (AvgIpc) is 3.02. The van der Waals surface area contributed by atoms with Gasteiger partial charge in [0.05, 0.1) is 23.4 Å². The molecule has 1 aromatic carbocycles. The molecule has 2 aromatic heterocycles. The van der Waals surface area contributed by atoms with Crippen LogP contribution in [-0.2, 0) is 4.74 Å². The number of carbonyl (C=O) groups is 1.